The monoisotopic (exact) mass is 168 g/mol. The highest BCUT2D eigenvalue weighted by Crippen LogP contribution is 2.07. The van der Waals surface area contributed by atoms with Gasteiger partial charge in [-0.2, -0.15) is 11.3 Å². The van der Waals surface area contributed by atoms with E-state index in [1.54, 1.807) is 17.4 Å². The van der Waals surface area contributed by atoms with E-state index in [0.29, 0.717) is 0 Å². The highest BCUT2D eigenvalue weighted by Gasteiger charge is 1.90. The van der Waals surface area contributed by atoms with Crippen molar-refractivity contribution in [3.63, 3.8) is 0 Å². The van der Waals surface area contributed by atoms with Crippen LogP contribution in [-0.2, 0) is 9.53 Å². The van der Waals surface area contributed by atoms with Crippen LogP contribution in [0.15, 0.2) is 22.9 Å². The Bertz CT molecular complexity index is 249. The molecule has 0 saturated heterocycles. The first-order chi connectivity index (χ1) is 5.33. The SMILES string of the molecule is COC(=O)/C=C\c1ccsc1. The van der Waals surface area contributed by atoms with Crippen LogP contribution in [0.1, 0.15) is 5.56 Å². The molecule has 0 atom stereocenters. The van der Waals surface area contributed by atoms with Gasteiger partial charge in [0.15, 0.2) is 0 Å². The van der Waals surface area contributed by atoms with Crippen molar-refractivity contribution in [3.05, 3.63) is 28.5 Å². The van der Waals surface area contributed by atoms with Crippen molar-refractivity contribution in [3.8, 4) is 0 Å². The fourth-order valence-corrected chi connectivity index (χ4v) is 1.23. The molecule has 1 aromatic heterocycles. The summed E-state index contributed by atoms with van der Waals surface area (Å²) in [5.41, 5.74) is 1.03. The van der Waals surface area contributed by atoms with Gasteiger partial charge in [-0.1, -0.05) is 0 Å². The molecule has 0 aromatic carbocycles. The summed E-state index contributed by atoms with van der Waals surface area (Å²) in [6.45, 7) is 0. The summed E-state index contributed by atoms with van der Waals surface area (Å²) in [4.78, 5) is 10.6. The third-order valence-corrected chi connectivity index (χ3v) is 1.86. The second-order valence-electron chi connectivity index (χ2n) is 1.91. The lowest BCUT2D eigenvalue weighted by molar-refractivity contribution is -0.134. The predicted molar refractivity (Wildman–Crippen MR) is 45.4 cm³/mol. The van der Waals surface area contributed by atoms with Crippen LogP contribution in [0.5, 0.6) is 0 Å². The molecule has 58 valence electrons. The number of methoxy groups -OCH3 is 1. The maximum atomic E-state index is 10.6. The average Bonchev–Trinajstić information content (AvgIpc) is 2.52. The van der Waals surface area contributed by atoms with Gasteiger partial charge < -0.3 is 4.74 Å². The van der Waals surface area contributed by atoms with Gasteiger partial charge >= 0.3 is 5.97 Å². The quantitative estimate of drug-likeness (QED) is 0.498. The maximum Gasteiger partial charge on any atom is 0.330 e. The molecular weight excluding hydrogens is 160 g/mol. The minimum Gasteiger partial charge on any atom is -0.466 e. The van der Waals surface area contributed by atoms with Crippen molar-refractivity contribution in [2.45, 2.75) is 0 Å². The van der Waals surface area contributed by atoms with Gasteiger partial charge in [-0.05, 0) is 28.5 Å². The molecule has 2 nitrogen and oxygen atoms in total. The lowest BCUT2D eigenvalue weighted by Gasteiger charge is -1.87. The molecular formula is C8H8O2S. The molecule has 3 heteroatoms. The molecule has 0 spiro atoms. The molecule has 0 bridgehead atoms. The van der Waals surface area contributed by atoms with Gasteiger partial charge in [-0.15, -0.1) is 0 Å². The number of carbonyl (C=O) groups excluding carboxylic acids is 1. The molecule has 0 radical (unpaired) electrons. The van der Waals surface area contributed by atoms with Crippen LogP contribution in [-0.4, -0.2) is 13.1 Å². The minimum atomic E-state index is -0.323. The number of carbonyl (C=O) groups is 1. The number of ether oxygens (including phenoxy) is 1. The van der Waals surface area contributed by atoms with E-state index >= 15 is 0 Å². The van der Waals surface area contributed by atoms with E-state index in [4.69, 9.17) is 0 Å². The van der Waals surface area contributed by atoms with E-state index in [1.807, 2.05) is 16.8 Å². The minimum absolute atomic E-state index is 0.323. The fraction of sp³-hybridized carbons (Fsp3) is 0.125. The van der Waals surface area contributed by atoms with Crippen molar-refractivity contribution in [2.75, 3.05) is 7.11 Å². The second-order valence-corrected chi connectivity index (χ2v) is 2.69. The Morgan fingerprint density at radius 2 is 2.55 bits per heavy atom. The molecule has 0 aliphatic heterocycles. The van der Waals surface area contributed by atoms with E-state index in [9.17, 15) is 4.79 Å². The molecule has 1 rings (SSSR count). The Morgan fingerprint density at radius 1 is 1.73 bits per heavy atom. The molecule has 11 heavy (non-hydrogen) atoms. The largest absolute Gasteiger partial charge is 0.466 e. The molecule has 0 fully saturated rings. The first kappa shape index (κ1) is 8.01. The van der Waals surface area contributed by atoms with Crippen molar-refractivity contribution >= 4 is 23.4 Å². The van der Waals surface area contributed by atoms with E-state index in [1.165, 1.54) is 13.2 Å². The summed E-state index contributed by atoms with van der Waals surface area (Å²) in [7, 11) is 1.36. The Morgan fingerprint density at radius 3 is 3.09 bits per heavy atom. The molecule has 0 amide bonds. The molecule has 0 aliphatic carbocycles. The lowest BCUT2D eigenvalue weighted by atomic mass is 10.3. The Hall–Kier alpha value is -1.09. The summed E-state index contributed by atoms with van der Waals surface area (Å²) in [5, 5.41) is 3.91. The number of rotatable bonds is 2. The van der Waals surface area contributed by atoms with Gasteiger partial charge in [0.05, 0.1) is 7.11 Å². The first-order valence-corrected chi connectivity index (χ1v) is 4.05. The Balaban J connectivity index is 2.55. The van der Waals surface area contributed by atoms with E-state index < -0.39 is 0 Å². The van der Waals surface area contributed by atoms with Gasteiger partial charge in [-0.25, -0.2) is 4.79 Å². The zero-order chi connectivity index (χ0) is 8.10. The summed E-state index contributed by atoms with van der Waals surface area (Å²) in [5.74, 6) is -0.323. The van der Waals surface area contributed by atoms with Crippen LogP contribution in [0.3, 0.4) is 0 Å². The number of hydrogen-bond donors (Lipinski definition) is 0. The van der Waals surface area contributed by atoms with Crippen LogP contribution in [0.4, 0.5) is 0 Å². The van der Waals surface area contributed by atoms with Gasteiger partial charge in [0, 0.05) is 6.08 Å². The molecule has 1 heterocycles. The van der Waals surface area contributed by atoms with Crippen molar-refractivity contribution in [2.24, 2.45) is 0 Å². The maximum absolute atomic E-state index is 10.6. The van der Waals surface area contributed by atoms with Gasteiger partial charge in [0.1, 0.15) is 0 Å². The number of thiophene rings is 1. The zero-order valence-electron chi connectivity index (χ0n) is 6.11. The van der Waals surface area contributed by atoms with E-state index in [0.717, 1.165) is 5.56 Å². The first-order valence-electron chi connectivity index (χ1n) is 3.11. The fourth-order valence-electron chi connectivity index (χ4n) is 0.602. The number of esters is 1. The highest BCUT2D eigenvalue weighted by molar-refractivity contribution is 7.08. The topological polar surface area (TPSA) is 26.3 Å². The van der Waals surface area contributed by atoms with Crippen molar-refractivity contribution < 1.29 is 9.53 Å². The third kappa shape index (κ3) is 2.55. The molecule has 0 N–H and O–H groups in total. The normalized spacial score (nSPS) is 10.3. The summed E-state index contributed by atoms with van der Waals surface area (Å²) in [6.07, 6.45) is 3.13. The highest BCUT2D eigenvalue weighted by atomic mass is 32.1. The lowest BCUT2D eigenvalue weighted by Crippen LogP contribution is -1.92. The second kappa shape index (κ2) is 3.93. The standard InChI is InChI=1S/C8H8O2S/c1-10-8(9)3-2-7-4-5-11-6-7/h2-6H,1H3/b3-2-. The predicted octanol–water partition coefficient (Wildman–Crippen LogP) is 1.93. The van der Waals surface area contributed by atoms with Crippen LogP contribution in [0.2, 0.25) is 0 Å². The Labute approximate surface area is 69.1 Å². The van der Waals surface area contributed by atoms with Gasteiger partial charge in [-0.3, -0.25) is 0 Å². The van der Waals surface area contributed by atoms with Crippen LogP contribution in [0.25, 0.3) is 6.08 Å². The van der Waals surface area contributed by atoms with Crippen molar-refractivity contribution in [1.29, 1.82) is 0 Å². The van der Waals surface area contributed by atoms with E-state index in [-0.39, 0.29) is 5.97 Å². The van der Waals surface area contributed by atoms with Crippen LogP contribution < -0.4 is 0 Å². The smallest absolute Gasteiger partial charge is 0.330 e. The van der Waals surface area contributed by atoms with Gasteiger partial charge in [0.25, 0.3) is 0 Å². The summed E-state index contributed by atoms with van der Waals surface area (Å²) >= 11 is 1.60. The van der Waals surface area contributed by atoms with Crippen LogP contribution in [0, 0.1) is 0 Å². The molecule has 0 unspecified atom stereocenters. The van der Waals surface area contributed by atoms with Crippen molar-refractivity contribution in [1.82, 2.24) is 0 Å². The molecule has 0 aliphatic rings. The summed E-state index contributed by atoms with van der Waals surface area (Å²) in [6, 6.07) is 1.93. The molecule has 1 aromatic rings. The van der Waals surface area contributed by atoms with E-state index in [2.05, 4.69) is 4.74 Å². The number of hydrogen-bond acceptors (Lipinski definition) is 3. The van der Waals surface area contributed by atoms with Crippen LogP contribution >= 0.6 is 11.3 Å². The van der Waals surface area contributed by atoms with Gasteiger partial charge in [0.2, 0.25) is 0 Å². The molecule has 0 saturated carbocycles. The third-order valence-electron chi connectivity index (χ3n) is 1.16. The average molecular weight is 168 g/mol. The summed E-state index contributed by atoms with van der Waals surface area (Å²) < 4.78 is 4.43. The zero-order valence-corrected chi connectivity index (χ0v) is 6.93. The Kier molecular flexibility index (Phi) is 2.86.